The van der Waals surface area contributed by atoms with Crippen molar-refractivity contribution in [2.75, 3.05) is 11.1 Å². The highest BCUT2D eigenvalue weighted by atomic mass is 19.4. The Kier molecular flexibility index (Phi) is 5.44. The second kappa shape index (κ2) is 7.62. The van der Waals surface area contributed by atoms with E-state index in [0.717, 1.165) is 43.7 Å². The normalized spacial score (nSPS) is 15.6. The highest BCUT2D eigenvalue weighted by Crippen LogP contribution is 2.41. The predicted molar refractivity (Wildman–Crippen MR) is 101 cm³/mol. The minimum absolute atomic E-state index is 0.0129. The second-order valence-electron chi connectivity index (χ2n) is 7.16. The summed E-state index contributed by atoms with van der Waals surface area (Å²) in [7, 11) is 0. The number of rotatable bonds is 3. The lowest BCUT2D eigenvalue weighted by molar-refractivity contribution is -0.138. The van der Waals surface area contributed by atoms with Gasteiger partial charge in [-0.1, -0.05) is 31.4 Å². The molecule has 0 saturated heterocycles. The van der Waals surface area contributed by atoms with E-state index in [9.17, 15) is 18.0 Å². The molecule has 0 heterocycles. The molecule has 0 aliphatic heterocycles. The lowest BCUT2D eigenvalue weighted by Gasteiger charge is -2.25. The highest BCUT2D eigenvalue weighted by molar-refractivity contribution is 6.04. The van der Waals surface area contributed by atoms with Crippen LogP contribution in [0.4, 0.5) is 24.5 Å². The lowest BCUT2D eigenvalue weighted by atomic mass is 9.81. The molecule has 1 aliphatic rings. The van der Waals surface area contributed by atoms with Crippen molar-refractivity contribution in [2.45, 2.75) is 51.1 Å². The van der Waals surface area contributed by atoms with Crippen molar-refractivity contribution in [3.8, 4) is 0 Å². The lowest BCUT2D eigenvalue weighted by Crippen LogP contribution is -2.18. The Balaban J connectivity index is 1.89. The minimum Gasteiger partial charge on any atom is -0.398 e. The van der Waals surface area contributed by atoms with Gasteiger partial charge in [0.25, 0.3) is 5.91 Å². The van der Waals surface area contributed by atoms with Crippen LogP contribution in [0.15, 0.2) is 36.4 Å². The van der Waals surface area contributed by atoms with Gasteiger partial charge in [0.05, 0.1) is 5.56 Å². The third-order valence-electron chi connectivity index (χ3n) is 5.20. The van der Waals surface area contributed by atoms with Crippen LogP contribution in [0, 0.1) is 6.92 Å². The number of carbonyl (C=O) groups excluding carboxylic acids is 1. The van der Waals surface area contributed by atoms with Crippen molar-refractivity contribution in [1.29, 1.82) is 0 Å². The predicted octanol–water partition coefficient (Wildman–Crippen LogP) is 5.90. The number of amides is 1. The first kappa shape index (κ1) is 19.3. The van der Waals surface area contributed by atoms with E-state index in [0.29, 0.717) is 16.9 Å². The number of hydrogen-bond acceptors (Lipinski definition) is 2. The molecule has 3 N–H and O–H groups in total. The van der Waals surface area contributed by atoms with Gasteiger partial charge in [0.15, 0.2) is 0 Å². The number of carbonyl (C=O) groups is 1. The summed E-state index contributed by atoms with van der Waals surface area (Å²) in [5, 5.41) is 2.62. The van der Waals surface area contributed by atoms with Gasteiger partial charge in [0.1, 0.15) is 0 Å². The molecule has 0 atom stereocenters. The van der Waals surface area contributed by atoms with Crippen LogP contribution in [-0.2, 0) is 6.18 Å². The zero-order valence-electron chi connectivity index (χ0n) is 15.2. The molecule has 0 spiro atoms. The number of alkyl halides is 3. The Labute approximate surface area is 156 Å². The molecule has 2 aromatic carbocycles. The van der Waals surface area contributed by atoms with E-state index in [-0.39, 0.29) is 11.5 Å². The first-order valence-electron chi connectivity index (χ1n) is 9.14. The molecule has 1 saturated carbocycles. The number of halogens is 3. The number of aryl methyl sites for hydroxylation is 1. The van der Waals surface area contributed by atoms with Crippen LogP contribution in [-0.4, -0.2) is 5.91 Å². The van der Waals surface area contributed by atoms with E-state index in [1.807, 2.05) is 6.92 Å². The first-order valence-corrected chi connectivity index (χ1v) is 9.14. The van der Waals surface area contributed by atoms with Crippen LogP contribution in [0.3, 0.4) is 0 Å². The molecule has 6 heteroatoms. The molecule has 0 bridgehead atoms. The van der Waals surface area contributed by atoms with Crippen molar-refractivity contribution in [3.63, 3.8) is 0 Å². The van der Waals surface area contributed by atoms with E-state index in [2.05, 4.69) is 5.32 Å². The molecule has 2 aromatic rings. The maximum atomic E-state index is 13.6. The van der Waals surface area contributed by atoms with Crippen molar-refractivity contribution in [1.82, 2.24) is 0 Å². The fourth-order valence-corrected chi connectivity index (χ4v) is 3.63. The van der Waals surface area contributed by atoms with Crippen LogP contribution in [0.25, 0.3) is 0 Å². The van der Waals surface area contributed by atoms with Gasteiger partial charge in [-0.15, -0.1) is 0 Å². The number of nitrogens with two attached hydrogens (primary N) is 1. The van der Waals surface area contributed by atoms with Gasteiger partial charge in [0.2, 0.25) is 0 Å². The Morgan fingerprint density at radius 1 is 1.07 bits per heavy atom. The maximum absolute atomic E-state index is 13.6. The first-order chi connectivity index (χ1) is 12.8. The summed E-state index contributed by atoms with van der Waals surface area (Å²) < 4.78 is 40.9. The Hall–Kier alpha value is -2.50. The van der Waals surface area contributed by atoms with Gasteiger partial charge in [-0.2, -0.15) is 13.2 Å². The number of benzene rings is 2. The zero-order chi connectivity index (χ0) is 19.6. The molecule has 0 aromatic heterocycles. The summed E-state index contributed by atoms with van der Waals surface area (Å²) in [4.78, 5) is 12.5. The van der Waals surface area contributed by atoms with Crippen molar-refractivity contribution < 1.29 is 18.0 Å². The molecular weight excluding hydrogens is 353 g/mol. The minimum atomic E-state index is -4.49. The number of nitrogen functional groups attached to an aromatic ring is 1. The zero-order valence-corrected chi connectivity index (χ0v) is 15.2. The van der Waals surface area contributed by atoms with Gasteiger partial charge < -0.3 is 11.1 Å². The molecule has 1 aliphatic carbocycles. The SMILES string of the molecule is Cc1ccc(NC(=O)c2ccc(C3CCCCC3)c(C(F)(F)F)c2)cc1N. The Bertz CT molecular complexity index is 840. The second-order valence-corrected chi connectivity index (χ2v) is 7.16. The van der Waals surface area contributed by atoms with Gasteiger partial charge >= 0.3 is 6.18 Å². The van der Waals surface area contributed by atoms with Crippen molar-refractivity contribution in [3.05, 3.63) is 58.7 Å². The van der Waals surface area contributed by atoms with E-state index in [4.69, 9.17) is 5.73 Å². The smallest absolute Gasteiger partial charge is 0.398 e. The molecule has 1 fully saturated rings. The average Bonchev–Trinajstić information content (AvgIpc) is 2.64. The molecule has 3 nitrogen and oxygen atoms in total. The van der Waals surface area contributed by atoms with E-state index < -0.39 is 17.6 Å². The third-order valence-corrected chi connectivity index (χ3v) is 5.20. The number of hydrogen-bond donors (Lipinski definition) is 2. The molecular formula is C21H23F3N2O. The summed E-state index contributed by atoms with van der Waals surface area (Å²) in [6, 6.07) is 8.93. The summed E-state index contributed by atoms with van der Waals surface area (Å²) in [6.07, 6.45) is -0.0119. The van der Waals surface area contributed by atoms with E-state index in [1.54, 1.807) is 18.2 Å². The van der Waals surface area contributed by atoms with Crippen LogP contribution in [0.5, 0.6) is 0 Å². The van der Waals surface area contributed by atoms with Gasteiger partial charge in [-0.05, 0) is 61.1 Å². The highest BCUT2D eigenvalue weighted by Gasteiger charge is 2.36. The van der Waals surface area contributed by atoms with Crippen LogP contribution >= 0.6 is 0 Å². The van der Waals surface area contributed by atoms with Gasteiger partial charge in [0, 0.05) is 16.9 Å². The molecule has 3 rings (SSSR count). The van der Waals surface area contributed by atoms with E-state index in [1.165, 1.54) is 12.1 Å². The van der Waals surface area contributed by atoms with Crippen LogP contribution in [0.2, 0.25) is 0 Å². The standard InChI is InChI=1S/C21H23F3N2O/c1-13-7-9-16(12-19(13)25)26-20(27)15-8-10-17(14-5-3-2-4-6-14)18(11-15)21(22,23)24/h7-12,14H,2-6,25H2,1H3,(H,26,27). The summed E-state index contributed by atoms with van der Waals surface area (Å²) >= 11 is 0. The van der Waals surface area contributed by atoms with Crippen LogP contribution < -0.4 is 11.1 Å². The molecule has 144 valence electrons. The molecule has 0 unspecified atom stereocenters. The van der Waals surface area contributed by atoms with Gasteiger partial charge in [-0.25, -0.2) is 0 Å². The summed E-state index contributed by atoms with van der Waals surface area (Å²) in [5.41, 5.74) is 7.23. The molecule has 0 radical (unpaired) electrons. The van der Waals surface area contributed by atoms with Gasteiger partial charge in [-0.3, -0.25) is 4.79 Å². The largest absolute Gasteiger partial charge is 0.416 e. The van der Waals surface area contributed by atoms with Crippen LogP contribution in [0.1, 0.15) is 65.1 Å². The third kappa shape index (κ3) is 4.43. The molecule has 1 amide bonds. The average molecular weight is 376 g/mol. The molecule has 27 heavy (non-hydrogen) atoms. The van der Waals surface area contributed by atoms with E-state index >= 15 is 0 Å². The van der Waals surface area contributed by atoms with Crippen molar-refractivity contribution in [2.24, 2.45) is 0 Å². The maximum Gasteiger partial charge on any atom is 0.416 e. The number of anilines is 2. The summed E-state index contributed by atoms with van der Waals surface area (Å²) in [5.74, 6) is -0.677. The monoisotopic (exact) mass is 376 g/mol. The quantitative estimate of drug-likeness (QED) is 0.656. The van der Waals surface area contributed by atoms with Crippen molar-refractivity contribution >= 4 is 17.3 Å². The Morgan fingerprint density at radius 2 is 1.78 bits per heavy atom. The Morgan fingerprint density at radius 3 is 2.41 bits per heavy atom. The fourth-order valence-electron chi connectivity index (χ4n) is 3.63. The number of nitrogens with one attached hydrogen (secondary N) is 1. The fraction of sp³-hybridized carbons (Fsp3) is 0.381. The summed E-state index contributed by atoms with van der Waals surface area (Å²) in [6.45, 7) is 1.83. The topological polar surface area (TPSA) is 55.1 Å².